The predicted octanol–water partition coefficient (Wildman–Crippen LogP) is 2.15. The van der Waals surface area contributed by atoms with Crippen LogP contribution in [0.3, 0.4) is 0 Å². The molecule has 0 atom stereocenters. The molecule has 0 saturated carbocycles. The van der Waals surface area contributed by atoms with Crippen LogP contribution in [-0.2, 0) is 6.42 Å². The van der Waals surface area contributed by atoms with Gasteiger partial charge in [-0.2, -0.15) is 0 Å². The fraction of sp³-hybridized carbons (Fsp3) is 0.769. The van der Waals surface area contributed by atoms with Crippen LogP contribution in [-0.4, -0.2) is 41.6 Å². The highest BCUT2D eigenvalue weighted by molar-refractivity contribution is 7.09. The molecule has 3 nitrogen and oxygen atoms in total. The molecule has 1 fully saturated rings. The smallest absolute Gasteiger partial charge is 0.0937 e. The van der Waals surface area contributed by atoms with Crippen molar-refractivity contribution in [3.63, 3.8) is 0 Å². The van der Waals surface area contributed by atoms with Gasteiger partial charge in [0.05, 0.1) is 5.01 Å². The molecular weight excluding hydrogens is 230 g/mol. The van der Waals surface area contributed by atoms with Crippen molar-refractivity contribution in [1.29, 1.82) is 0 Å². The van der Waals surface area contributed by atoms with Crippen molar-refractivity contribution in [1.82, 2.24) is 15.2 Å². The molecule has 1 saturated heterocycles. The van der Waals surface area contributed by atoms with Crippen molar-refractivity contribution in [2.24, 2.45) is 0 Å². The van der Waals surface area contributed by atoms with Gasteiger partial charge in [-0.3, -0.25) is 4.90 Å². The first-order valence-corrected chi connectivity index (χ1v) is 7.52. The third-order valence-corrected chi connectivity index (χ3v) is 4.77. The van der Waals surface area contributed by atoms with Gasteiger partial charge in [-0.1, -0.05) is 13.8 Å². The van der Waals surface area contributed by atoms with E-state index in [0.29, 0.717) is 5.54 Å². The van der Waals surface area contributed by atoms with Gasteiger partial charge in [-0.25, -0.2) is 4.98 Å². The van der Waals surface area contributed by atoms with Gasteiger partial charge in [-0.15, -0.1) is 11.3 Å². The zero-order valence-corrected chi connectivity index (χ0v) is 11.7. The Labute approximate surface area is 108 Å². The normalized spacial score (nSPS) is 20.6. The molecule has 0 aliphatic carbocycles. The average molecular weight is 253 g/mol. The van der Waals surface area contributed by atoms with Gasteiger partial charge < -0.3 is 5.32 Å². The van der Waals surface area contributed by atoms with E-state index in [1.54, 1.807) is 11.3 Å². The van der Waals surface area contributed by atoms with Crippen LogP contribution in [0.25, 0.3) is 0 Å². The number of aromatic nitrogens is 1. The lowest BCUT2D eigenvalue weighted by atomic mass is 9.90. The quantitative estimate of drug-likeness (QED) is 0.871. The molecule has 0 spiro atoms. The molecule has 1 N–H and O–H groups in total. The van der Waals surface area contributed by atoms with E-state index in [9.17, 15) is 0 Å². The summed E-state index contributed by atoms with van der Waals surface area (Å²) >= 11 is 1.77. The third-order valence-electron chi connectivity index (χ3n) is 3.93. The molecule has 1 aliphatic heterocycles. The molecule has 17 heavy (non-hydrogen) atoms. The van der Waals surface area contributed by atoms with E-state index in [0.717, 1.165) is 19.5 Å². The minimum absolute atomic E-state index is 0.348. The van der Waals surface area contributed by atoms with Gasteiger partial charge >= 0.3 is 0 Å². The zero-order chi connectivity index (χ0) is 12.1. The molecule has 1 aromatic heterocycles. The molecule has 0 amide bonds. The number of rotatable bonds is 5. The minimum Gasteiger partial charge on any atom is -0.309 e. The minimum atomic E-state index is 0.348. The summed E-state index contributed by atoms with van der Waals surface area (Å²) in [5.41, 5.74) is 0.348. The molecule has 2 heterocycles. The number of hydrogen-bond donors (Lipinski definition) is 1. The van der Waals surface area contributed by atoms with E-state index in [4.69, 9.17) is 0 Å². The molecule has 0 radical (unpaired) electrons. The first-order chi connectivity index (χ1) is 8.28. The maximum absolute atomic E-state index is 4.35. The fourth-order valence-corrected chi connectivity index (χ4v) is 3.20. The van der Waals surface area contributed by atoms with Crippen LogP contribution in [0.1, 0.15) is 31.7 Å². The average Bonchev–Trinajstić information content (AvgIpc) is 2.90. The predicted molar refractivity (Wildman–Crippen MR) is 73.6 cm³/mol. The van der Waals surface area contributed by atoms with E-state index in [1.807, 2.05) is 6.20 Å². The SMILES string of the molecule is CCC1(CC)CN(CCc2nccs2)CCN1. The second-order valence-electron chi connectivity index (χ2n) is 4.87. The van der Waals surface area contributed by atoms with Gasteiger partial charge in [-0.05, 0) is 12.8 Å². The lowest BCUT2D eigenvalue weighted by Gasteiger charge is -2.43. The van der Waals surface area contributed by atoms with E-state index < -0.39 is 0 Å². The van der Waals surface area contributed by atoms with Crippen molar-refractivity contribution in [2.75, 3.05) is 26.2 Å². The lowest BCUT2D eigenvalue weighted by Crippen LogP contribution is -2.60. The van der Waals surface area contributed by atoms with Crippen molar-refractivity contribution in [3.05, 3.63) is 16.6 Å². The number of nitrogens with zero attached hydrogens (tertiary/aromatic N) is 2. The molecule has 96 valence electrons. The van der Waals surface area contributed by atoms with Crippen LogP contribution in [0.15, 0.2) is 11.6 Å². The molecule has 0 unspecified atom stereocenters. The Hall–Kier alpha value is -0.450. The molecule has 1 aromatic rings. The topological polar surface area (TPSA) is 28.2 Å². The van der Waals surface area contributed by atoms with Crippen LogP contribution in [0.4, 0.5) is 0 Å². The van der Waals surface area contributed by atoms with E-state index in [-0.39, 0.29) is 0 Å². The van der Waals surface area contributed by atoms with Gasteiger partial charge in [0.25, 0.3) is 0 Å². The summed E-state index contributed by atoms with van der Waals surface area (Å²) in [6.07, 6.45) is 5.44. The number of hydrogen-bond acceptors (Lipinski definition) is 4. The summed E-state index contributed by atoms with van der Waals surface area (Å²) in [5.74, 6) is 0. The Morgan fingerprint density at radius 2 is 2.29 bits per heavy atom. The zero-order valence-electron chi connectivity index (χ0n) is 10.9. The Bertz CT molecular complexity index is 319. The van der Waals surface area contributed by atoms with Crippen molar-refractivity contribution >= 4 is 11.3 Å². The molecular formula is C13H23N3S. The summed E-state index contributed by atoms with van der Waals surface area (Å²) in [6.45, 7) is 9.22. The van der Waals surface area contributed by atoms with Gasteiger partial charge in [0.2, 0.25) is 0 Å². The van der Waals surface area contributed by atoms with E-state index in [1.165, 1.54) is 30.9 Å². The third kappa shape index (κ3) is 3.27. The van der Waals surface area contributed by atoms with Crippen LogP contribution in [0, 0.1) is 0 Å². The largest absolute Gasteiger partial charge is 0.309 e. The maximum atomic E-state index is 4.35. The highest BCUT2D eigenvalue weighted by Crippen LogP contribution is 2.20. The highest BCUT2D eigenvalue weighted by atomic mass is 32.1. The van der Waals surface area contributed by atoms with Crippen molar-refractivity contribution in [3.8, 4) is 0 Å². The summed E-state index contributed by atoms with van der Waals surface area (Å²) < 4.78 is 0. The summed E-state index contributed by atoms with van der Waals surface area (Å²) in [6, 6.07) is 0. The summed E-state index contributed by atoms with van der Waals surface area (Å²) in [5, 5.41) is 7.03. The Kier molecular flexibility index (Phi) is 4.54. The molecule has 4 heteroatoms. The number of piperazine rings is 1. The first-order valence-electron chi connectivity index (χ1n) is 6.64. The first kappa shape index (κ1) is 13.0. The van der Waals surface area contributed by atoms with Gasteiger partial charge in [0, 0.05) is 49.7 Å². The van der Waals surface area contributed by atoms with Crippen molar-refractivity contribution in [2.45, 2.75) is 38.6 Å². The Morgan fingerprint density at radius 3 is 2.94 bits per heavy atom. The Balaban J connectivity index is 1.85. The summed E-state index contributed by atoms with van der Waals surface area (Å²) in [7, 11) is 0. The number of nitrogens with one attached hydrogen (secondary N) is 1. The Morgan fingerprint density at radius 1 is 1.47 bits per heavy atom. The van der Waals surface area contributed by atoms with Crippen molar-refractivity contribution < 1.29 is 0 Å². The standard InChI is InChI=1S/C13H23N3S/c1-3-13(4-2)11-16(9-6-15-13)8-5-12-14-7-10-17-12/h7,10,15H,3-6,8-9,11H2,1-2H3. The lowest BCUT2D eigenvalue weighted by molar-refractivity contribution is 0.125. The van der Waals surface area contributed by atoms with Crippen LogP contribution >= 0.6 is 11.3 Å². The second kappa shape index (κ2) is 5.94. The molecule has 0 aromatic carbocycles. The number of thiazole rings is 1. The molecule has 0 bridgehead atoms. The summed E-state index contributed by atoms with van der Waals surface area (Å²) in [4.78, 5) is 6.94. The second-order valence-corrected chi connectivity index (χ2v) is 5.85. The molecule has 2 rings (SSSR count). The van der Waals surface area contributed by atoms with E-state index >= 15 is 0 Å². The van der Waals surface area contributed by atoms with E-state index in [2.05, 4.69) is 34.4 Å². The molecule has 1 aliphatic rings. The van der Waals surface area contributed by atoms with Gasteiger partial charge in [0.1, 0.15) is 0 Å². The van der Waals surface area contributed by atoms with Crippen LogP contribution in [0.2, 0.25) is 0 Å². The maximum Gasteiger partial charge on any atom is 0.0937 e. The van der Waals surface area contributed by atoms with Crippen LogP contribution in [0.5, 0.6) is 0 Å². The fourth-order valence-electron chi connectivity index (χ4n) is 2.59. The monoisotopic (exact) mass is 253 g/mol. The van der Waals surface area contributed by atoms with Gasteiger partial charge in [0.15, 0.2) is 0 Å². The van der Waals surface area contributed by atoms with Crippen LogP contribution < -0.4 is 5.32 Å². The highest BCUT2D eigenvalue weighted by Gasteiger charge is 2.31.